The molecule has 3 aromatic rings. The Morgan fingerprint density at radius 2 is 2.11 bits per heavy atom. The minimum absolute atomic E-state index is 0.317. The molecule has 4 rings (SSSR count). The number of aromatic nitrogens is 4. The molecule has 0 radical (unpaired) electrons. The fourth-order valence-corrected chi connectivity index (χ4v) is 2.75. The molecular weight excluding hydrogens is 238 g/mol. The first-order valence-electron chi connectivity index (χ1n) is 6.40. The largest absolute Gasteiger partial charge is 0.361 e. The molecule has 0 amide bonds. The van der Waals surface area contributed by atoms with Gasteiger partial charge in [-0.25, -0.2) is 15.0 Å². The van der Waals surface area contributed by atoms with Gasteiger partial charge in [0.05, 0.1) is 12.4 Å². The zero-order valence-electron chi connectivity index (χ0n) is 10.3. The molecule has 94 valence electrons. The fourth-order valence-electron chi connectivity index (χ4n) is 2.75. The van der Waals surface area contributed by atoms with Crippen LogP contribution in [-0.2, 0) is 6.42 Å². The van der Waals surface area contributed by atoms with Crippen molar-refractivity contribution in [2.45, 2.75) is 18.9 Å². The molecule has 2 aromatic heterocycles. The van der Waals surface area contributed by atoms with Gasteiger partial charge in [0, 0.05) is 0 Å². The van der Waals surface area contributed by atoms with Crippen molar-refractivity contribution in [3.8, 4) is 0 Å². The van der Waals surface area contributed by atoms with Crippen LogP contribution in [0, 0.1) is 0 Å². The topological polar surface area (TPSA) is 66.5 Å². The monoisotopic (exact) mass is 251 g/mol. The number of aromatic amines is 1. The zero-order valence-corrected chi connectivity index (χ0v) is 10.3. The molecule has 0 spiro atoms. The van der Waals surface area contributed by atoms with Gasteiger partial charge in [-0.1, -0.05) is 24.3 Å². The number of nitrogens with zero attached hydrogens (tertiary/aromatic N) is 3. The number of rotatable bonds is 2. The predicted octanol–water partition coefficient (Wildman–Crippen LogP) is 2.45. The molecule has 1 aromatic carbocycles. The first-order valence-corrected chi connectivity index (χ1v) is 6.40. The third-order valence-electron chi connectivity index (χ3n) is 3.67. The maximum absolute atomic E-state index is 4.32. The van der Waals surface area contributed by atoms with Crippen molar-refractivity contribution in [2.24, 2.45) is 0 Å². The van der Waals surface area contributed by atoms with Crippen LogP contribution in [0.4, 0.5) is 5.82 Å². The number of anilines is 1. The molecule has 1 aliphatic carbocycles. The van der Waals surface area contributed by atoms with Crippen LogP contribution in [0.2, 0.25) is 0 Å². The van der Waals surface area contributed by atoms with Crippen LogP contribution in [-0.4, -0.2) is 19.9 Å². The summed E-state index contributed by atoms with van der Waals surface area (Å²) in [5, 5.41) is 3.50. The van der Waals surface area contributed by atoms with Crippen LogP contribution < -0.4 is 5.32 Å². The maximum atomic E-state index is 4.32. The van der Waals surface area contributed by atoms with Crippen molar-refractivity contribution >= 4 is 17.0 Å². The van der Waals surface area contributed by atoms with Gasteiger partial charge < -0.3 is 10.3 Å². The van der Waals surface area contributed by atoms with Gasteiger partial charge in [-0.3, -0.25) is 0 Å². The third kappa shape index (κ3) is 1.66. The highest BCUT2D eigenvalue weighted by molar-refractivity contribution is 5.82. The second kappa shape index (κ2) is 4.05. The Bertz CT molecular complexity index is 733. The molecule has 2 heterocycles. The predicted molar refractivity (Wildman–Crippen MR) is 72.8 cm³/mol. The summed E-state index contributed by atoms with van der Waals surface area (Å²) in [4.78, 5) is 15.7. The lowest BCUT2D eigenvalue weighted by atomic mass is 10.1. The Kier molecular flexibility index (Phi) is 2.24. The summed E-state index contributed by atoms with van der Waals surface area (Å²) in [6, 6.07) is 8.88. The molecular formula is C14H13N5. The van der Waals surface area contributed by atoms with Crippen molar-refractivity contribution in [1.82, 2.24) is 19.9 Å². The van der Waals surface area contributed by atoms with E-state index >= 15 is 0 Å². The quantitative estimate of drug-likeness (QED) is 0.734. The lowest BCUT2D eigenvalue weighted by Crippen LogP contribution is -2.09. The summed E-state index contributed by atoms with van der Waals surface area (Å²) < 4.78 is 0. The minimum atomic E-state index is 0.317. The van der Waals surface area contributed by atoms with E-state index in [0.29, 0.717) is 11.7 Å². The van der Waals surface area contributed by atoms with Gasteiger partial charge >= 0.3 is 0 Å². The van der Waals surface area contributed by atoms with Crippen molar-refractivity contribution < 1.29 is 0 Å². The van der Waals surface area contributed by atoms with Gasteiger partial charge in [-0.15, -0.1) is 0 Å². The van der Waals surface area contributed by atoms with Crippen LogP contribution in [0.1, 0.15) is 23.6 Å². The van der Waals surface area contributed by atoms with E-state index in [-0.39, 0.29) is 0 Å². The van der Waals surface area contributed by atoms with Crippen LogP contribution in [0.5, 0.6) is 0 Å². The zero-order chi connectivity index (χ0) is 12.7. The molecule has 0 aliphatic heterocycles. The van der Waals surface area contributed by atoms with E-state index in [9.17, 15) is 0 Å². The SMILES string of the molecule is c1ccc2c(c1)CCC2Nc1ncnc2nc[nH]c12. The molecule has 1 aliphatic rings. The molecule has 0 fully saturated rings. The van der Waals surface area contributed by atoms with E-state index in [1.807, 2.05) is 0 Å². The van der Waals surface area contributed by atoms with Crippen molar-refractivity contribution in [3.63, 3.8) is 0 Å². The normalized spacial score (nSPS) is 17.6. The number of aryl methyl sites for hydroxylation is 1. The van der Waals surface area contributed by atoms with Crippen LogP contribution in [0.3, 0.4) is 0 Å². The summed E-state index contributed by atoms with van der Waals surface area (Å²) in [5.74, 6) is 0.823. The van der Waals surface area contributed by atoms with Gasteiger partial charge in [-0.2, -0.15) is 0 Å². The highest BCUT2D eigenvalue weighted by Crippen LogP contribution is 2.33. The average Bonchev–Trinajstić information content (AvgIpc) is 3.06. The molecule has 19 heavy (non-hydrogen) atoms. The number of benzene rings is 1. The number of hydrogen-bond donors (Lipinski definition) is 2. The summed E-state index contributed by atoms with van der Waals surface area (Å²) >= 11 is 0. The number of nitrogens with one attached hydrogen (secondary N) is 2. The second-order valence-corrected chi connectivity index (χ2v) is 4.76. The standard InChI is InChI=1S/C14H13N5/c1-2-4-10-9(3-1)5-6-11(10)19-14-12-13(16-7-15-12)17-8-18-14/h1-4,7-8,11H,5-6H2,(H2,15,16,17,18,19). The molecule has 1 atom stereocenters. The second-order valence-electron chi connectivity index (χ2n) is 4.76. The smallest absolute Gasteiger partial charge is 0.182 e. The number of H-pyrrole nitrogens is 1. The van der Waals surface area contributed by atoms with Gasteiger partial charge in [0.1, 0.15) is 11.8 Å². The van der Waals surface area contributed by atoms with Gasteiger partial charge in [0.15, 0.2) is 11.5 Å². The Hall–Kier alpha value is -2.43. The number of imidazole rings is 1. The van der Waals surface area contributed by atoms with Crippen molar-refractivity contribution in [2.75, 3.05) is 5.32 Å². The number of fused-ring (bicyclic) bond motifs is 2. The Morgan fingerprint density at radius 1 is 1.16 bits per heavy atom. The molecule has 0 saturated carbocycles. The van der Waals surface area contributed by atoms with E-state index in [2.05, 4.69) is 49.5 Å². The molecule has 0 saturated heterocycles. The fraction of sp³-hybridized carbons (Fsp3) is 0.214. The lowest BCUT2D eigenvalue weighted by molar-refractivity contribution is 0.758. The number of hydrogen-bond acceptors (Lipinski definition) is 4. The van der Waals surface area contributed by atoms with Crippen molar-refractivity contribution in [1.29, 1.82) is 0 Å². The Morgan fingerprint density at radius 3 is 3.11 bits per heavy atom. The van der Waals surface area contributed by atoms with E-state index in [1.165, 1.54) is 11.1 Å². The maximum Gasteiger partial charge on any atom is 0.182 e. The molecule has 1 unspecified atom stereocenters. The van der Waals surface area contributed by atoms with Gasteiger partial charge in [0.25, 0.3) is 0 Å². The molecule has 5 nitrogen and oxygen atoms in total. The average molecular weight is 251 g/mol. The lowest BCUT2D eigenvalue weighted by Gasteiger charge is -2.14. The summed E-state index contributed by atoms with van der Waals surface area (Å²) in [5.41, 5.74) is 4.36. The molecule has 5 heteroatoms. The van der Waals surface area contributed by atoms with E-state index in [4.69, 9.17) is 0 Å². The Labute approximate surface area is 110 Å². The van der Waals surface area contributed by atoms with Crippen LogP contribution in [0.15, 0.2) is 36.9 Å². The van der Waals surface area contributed by atoms with Gasteiger partial charge in [0.2, 0.25) is 0 Å². The third-order valence-corrected chi connectivity index (χ3v) is 3.67. The van der Waals surface area contributed by atoms with Crippen LogP contribution in [0.25, 0.3) is 11.2 Å². The highest BCUT2D eigenvalue weighted by atomic mass is 15.1. The van der Waals surface area contributed by atoms with E-state index < -0.39 is 0 Å². The van der Waals surface area contributed by atoms with Gasteiger partial charge in [-0.05, 0) is 24.0 Å². The van der Waals surface area contributed by atoms with Crippen molar-refractivity contribution in [3.05, 3.63) is 48.0 Å². The summed E-state index contributed by atoms with van der Waals surface area (Å²) in [6.07, 6.45) is 5.41. The molecule has 0 bridgehead atoms. The first-order chi connectivity index (χ1) is 9.42. The Balaban J connectivity index is 1.71. The first kappa shape index (κ1) is 10.5. The minimum Gasteiger partial charge on any atom is -0.361 e. The molecule has 2 N–H and O–H groups in total. The van der Waals surface area contributed by atoms with E-state index in [0.717, 1.165) is 24.2 Å². The van der Waals surface area contributed by atoms with E-state index in [1.54, 1.807) is 12.7 Å². The summed E-state index contributed by atoms with van der Waals surface area (Å²) in [6.45, 7) is 0. The highest BCUT2D eigenvalue weighted by Gasteiger charge is 2.22. The summed E-state index contributed by atoms with van der Waals surface area (Å²) in [7, 11) is 0. The van der Waals surface area contributed by atoms with Crippen LogP contribution >= 0.6 is 0 Å².